The average molecular weight is 224 g/mol. The molecule has 0 aromatic carbocycles. The van der Waals surface area contributed by atoms with Crippen molar-refractivity contribution >= 4 is 5.91 Å². The number of nitrogens with two attached hydrogens (primary N) is 1. The lowest BCUT2D eigenvalue weighted by molar-refractivity contribution is -0.135. The van der Waals surface area contributed by atoms with Crippen molar-refractivity contribution in [3.63, 3.8) is 0 Å². The third kappa shape index (κ3) is 2.76. The molecule has 1 unspecified atom stereocenters. The number of rotatable bonds is 4. The standard InChI is InChI=1S/C13H24N2O/c14-10-12-6-1-2-9-15(12)13(16)8-7-11-4-3-5-11/h11-12H,1-10,14H2. The molecular formula is C13H24N2O. The average Bonchev–Trinajstić information content (AvgIpc) is 2.26. The molecule has 1 aliphatic carbocycles. The third-order valence-corrected chi connectivity index (χ3v) is 4.21. The maximum absolute atomic E-state index is 12.1. The fraction of sp³-hybridized carbons (Fsp3) is 0.923. The van der Waals surface area contributed by atoms with Gasteiger partial charge in [-0.25, -0.2) is 0 Å². The van der Waals surface area contributed by atoms with Crippen molar-refractivity contribution in [2.24, 2.45) is 11.7 Å². The molecule has 3 heteroatoms. The van der Waals surface area contributed by atoms with Gasteiger partial charge in [-0.15, -0.1) is 0 Å². The van der Waals surface area contributed by atoms with Gasteiger partial charge in [-0.3, -0.25) is 4.79 Å². The number of carbonyl (C=O) groups is 1. The van der Waals surface area contributed by atoms with E-state index in [-0.39, 0.29) is 0 Å². The van der Waals surface area contributed by atoms with E-state index >= 15 is 0 Å². The summed E-state index contributed by atoms with van der Waals surface area (Å²) in [6, 6.07) is 0.322. The zero-order chi connectivity index (χ0) is 11.4. The van der Waals surface area contributed by atoms with Crippen molar-refractivity contribution in [3.8, 4) is 0 Å². The predicted octanol–water partition coefficient (Wildman–Crippen LogP) is 1.91. The molecule has 0 aromatic rings. The SMILES string of the molecule is NCC1CCCCN1C(=O)CCC1CCC1. The zero-order valence-corrected chi connectivity index (χ0v) is 10.2. The monoisotopic (exact) mass is 224 g/mol. The van der Waals surface area contributed by atoms with Crippen LogP contribution in [0.3, 0.4) is 0 Å². The molecule has 1 amide bonds. The Morgan fingerprint density at radius 1 is 1.19 bits per heavy atom. The first kappa shape index (κ1) is 11.9. The lowest BCUT2D eigenvalue weighted by Crippen LogP contribution is -2.47. The minimum Gasteiger partial charge on any atom is -0.338 e. The highest BCUT2D eigenvalue weighted by Gasteiger charge is 2.26. The van der Waals surface area contributed by atoms with Crippen molar-refractivity contribution < 1.29 is 4.79 Å². The van der Waals surface area contributed by atoms with Gasteiger partial charge in [-0.05, 0) is 31.6 Å². The van der Waals surface area contributed by atoms with Gasteiger partial charge in [0.05, 0.1) is 0 Å². The molecule has 1 aliphatic heterocycles. The first-order valence-corrected chi connectivity index (χ1v) is 6.81. The highest BCUT2D eigenvalue weighted by molar-refractivity contribution is 5.76. The lowest BCUT2D eigenvalue weighted by atomic mass is 9.82. The van der Waals surface area contributed by atoms with Gasteiger partial charge >= 0.3 is 0 Å². The second kappa shape index (κ2) is 5.67. The first-order chi connectivity index (χ1) is 7.81. The van der Waals surface area contributed by atoms with Crippen LogP contribution in [-0.4, -0.2) is 29.9 Å². The Morgan fingerprint density at radius 3 is 2.62 bits per heavy atom. The molecule has 1 saturated carbocycles. The normalized spacial score (nSPS) is 26.6. The topological polar surface area (TPSA) is 46.3 Å². The summed E-state index contributed by atoms with van der Waals surface area (Å²) in [5.74, 6) is 1.19. The Balaban J connectivity index is 1.76. The summed E-state index contributed by atoms with van der Waals surface area (Å²) in [6.07, 6.45) is 9.40. The molecule has 3 nitrogen and oxygen atoms in total. The second-order valence-electron chi connectivity index (χ2n) is 5.31. The van der Waals surface area contributed by atoms with E-state index in [1.165, 1.54) is 25.7 Å². The van der Waals surface area contributed by atoms with Crippen LogP contribution in [0, 0.1) is 5.92 Å². The minimum absolute atomic E-state index is 0.322. The second-order valence-corrected chi connectivity index (χ2v) is 5.31. The molecule has 0 spiro atoms. The van der Waals surface area contributed by atoms with E-state index in [0.717, 1.165) is 38.1 Å². The van der Waals surface area contributed by atoms with E-state index in [0.29, 0.717) is 18.5 Å². The summed E-state index contributed by atoms with van der Waals surface area (Å²) in [5, 5.41) is 0. The van der Waals surface area contributed by atoms with Crippen molar-refractivity contribution in [3.05, 3.63) is 0 Å². The Kier molecular flexibility index (Phi) is 4.22. The van der Waals surface area contributed by atoms with Crippen LogP contribution in [0.1, 0.15) is 51.4 Å². The molecule has 2 rings (SSSR count). The number of hydrogen-bond acceptors (Lipinski definition) is 2. The Morgan fingerprint density at radius 2 is 2.00 bits per heavy atom. The number of likely N-dealkylation sites (tertiary alicyclic amines) is 1. The molecule has 2 N–H and O–H groups in total. The van der Waals surface area contributed by atoms with E-state index in [1.807, 2.05) is 4.90 Å². The summed E-state index contributed by atoms with van der Waals surface area (Å²) in [4.78, 5) is 14.1. The van der Waals surface area contributed by atoms with E-state index in [2.05, 4.69) is 0 Å². The molecule has 0 bridgehead atoms. The fourth-order valence-corrected chi connectivity index (χ4v) is 2.83. The summed E-state index contributed by atoms with van der Waals surface area (Å²) in [7, 11) is 0. The molecule has 16 heavy (non-hydrogen) atoms. The predicted molar refractivity (Wildman–Crippen MR) is 65.0 cm³/mol. The summed E-state index contributed by atoms with van der Waals surface area (Å²) < 4.78 is 0. The van der Waals surface area contributed by atoms with Crippen molar-refractivity contribution in [2.75, 3.05) is 13.1 Å². The van der Waals surface area contributed by atoms with Crippen LogP contribution in [0.2, 0.25) is 0 Å². The number of piperidine rings is 1. The van der Waals surface area contributed by atoms with Gasteiger partial charge in [0.2, 0.25) is 5.91 Å². The van der Waals surface area contributed by atoms with E-state index < -0.39 is 0 Å². The zero-order valence-electron chi connectivity index (χ0n) is 10.2. The van der Waals surface area contributed by atoms with Gasteiger partial charge in [-0.2, -0.15) is 0 Å². The number of carbonyl (C=O) groups excluding carboxylic acids is 1. The number of hydrogen-bond donors (Lipinski definition) is 1. The largest absolute Gasteiger partial charge is 0.338 e. The fourth-order valence-electron chi connectivity index (χ4n) is 2.83. The van der Waals surface area contributed by atoms with E-state index in [9.17, 15) is 4.79 Å². The Labute approximate surface area is 98.4 Å². The number of amides is 1. The Hall–Kier alpha value is -0.570. The van der Waals surface area contributed by atoms with Gasteiger partial charge in [-0.1, -0.05) is 19.3 Å². The van der Waals surface area contributed by atoms with E-state index in [1.54, 1.807) is 0 Å². The van der Waals surface area contributed by atoms with Crippen molar-refractivity contribution in [2.45, 2.75) is 57.4 Å². The maximum Gasteiger partial charge on any atom is 0.222 e. The van der Waals surface area contributed by atoms with Crippen molar-refractivity contribution in [1.29, 1.82) is 0 Å². The lowest BCUT2D eigenvalue weighted by Gasteiger charge is -2.36. The van der Waals surface area contributed by atoms with Crippen LogP contribution in [0.5, 0.6) is 0 Å². The molecule has 2 fully saturated rings. The van der Waals surface area contributed by atoms with Gasteiger partial charge in [0.15, 0.2) is 0 Å². The quantitative estimate of drug-likeness (QED) is 0.793. The molecule has 1 atom stereocenters. The molecule has 0 radical (unpaired) electrons. The summed E-state index contributed by atoms with van der Waals surface area (Å²) in [5.41, 5.74) is 5.73. The minimum atomic E-state index is 0.322. The summed E-state index contributed by atoms with van der Waals surface area (Å²) >= 11 is 0. The van der Waals surface area contributed by atoms with Gasteiger partial charge < -0.3 is 10.6 Å². The number of nitrogens with zero attached hydrogens (tertiary/aromatic N) is 1. The highest BCUT2D eigenvalue weighted by atomic mass is 16.2. The molecule has 0 aromatic heterocycles. The maximum atomic E-state index is 12.1. The van der Waals surface area contributed by atoms with Crippen LogP contribution in [0.15, 0.2) is 0 Å². The van der Waals surface area contributed by atoms with Crippen LogP contribution < -0.4 is 5.73 Å². The molecule has 92 valence electrons. The smallest absolute Gasteiger partial charge is 0.222 e. The van der Waals surface area contributed by atoms with Crippen molar-refractivity contribution in [1.82, 2.24) is 4.90 Å². The third-order valence-electron chi connectivity index (χ3n) is 4.21. The first-order valence-electron chi connectivity index (χ1n) is 6.81. The van der Waals surface area contributed by atoms with E-state index in [4.69, 9.17) is 5.73 Å². The Bertz CT molecular complexity index is 238. The van der Waals surface area contributed by atoms with Crippen LogP contribution in [0.4, 0.5) is 0 Å². The van der Waals surface area contributed by atoms with Crippen LogP contribution >= 0.6 is 0 Å². The van der Waals surface area contributed by atoms with Crippen LogP contribution in [-0.2, 0) is 4.79 Å². The van der Waals surface area contributed by atoms with Gasteiger partial charge in [0, 0.05) is 25.6 Å². The summed E-state index contributed by atoms with van der Waals surface area (Å²) in [6.45, 7) is 1.57. The van der Waals surface area contributed by atoms with Gasteiger partial charge in [0.25, 0.3) is 0 Å². The molecule has 1 saturated heterocycles. The van der Waals surface area contributed by atoms with Crippen LogP contribution in [0.25, 0.3) is 0 Å². The molecule has 1 heterocycles. The highest BCUT2D eigenvalue weighted by Crippen LogP contribution is 2.31. The van der Waals surface area contributed by atoms with Gasteiger partial charge in [0.1, 0.15) is 0 Å². The molecule has 2 aliphatic rings. The molecular weight excluding hydrogens is 200 g/mol.